The smallest absolute Gasteiger partial charge is 0.272 e. The lowest BCUT2D eigenvalue weighted by Crippen LogP contribution is -2.37. The van der Waals surface area contributed by atoms with Crippen molar-refractivity contribution in [3.8, 4) is 6.07 Å². The number of hydrogen-bond acceptors (Lipinski definition) is 4. The van der Waals surface area contributed by atoms with Gasteiger partial charge in [0, 0.05) is 6.54 Å². The summed E-state index contributed by atoms with van der Waals surface area (Å²) in [6.45, 7) is 0.191. The Bertz CT molecular complexity index is 500. The number of aliphatic hydroxyl groups excluding tert-OH is 1. The molecule has 0 saturated carbocycles. The lowest BCUT2D eigenvalue weighted by molar-refractivity contribution is 0.0504. The second kappa shape index (κ2) is 6.75. The molecule has 0 aliphatic heterocycles. The summed E-state index contributed by atoms with van der Waals surface area (Å²) in [5.74, 6) is -0.693. The molecule has 1 aromatic heterocycles. The number of hydrogen-bond donors (Lipinski definition) is 1. The maximum atomic E-state index is 12.3. The van der Waals surface area contributed by atoms with Gasteiger partial charge in [-0.15, -0.1) is 0 Å². The molecule has 1 heterocycles. The third-order valence-electron chi connectivity index (χ3n) is 2.44. The lowest BCUT2D eigenvalue weighted by atomic mass is 10.2. The van der Waals surface area contributed by atoms with Gasteiger partial charge in [-0.2, -0.15) is 5.26 Å². The van der Waals surface area contributed by atoms with Gasteiger partial charge in [-0.3, -0.25) is 4.79 Å². The van der Waals surface area contributed by atoms with E-state index >= 15 is 0 Å². The zero-order valence-electron chi connectivity index (χ0n) is 10.3. The molecular weight excluding hydrogens is 256 g/mol. The quantitative estimate of drug-likeness (QED) is 0.863. The summed E-state index contributed by atoms with van der Waals surface area (Å²) in [7, 11) is 0. The molecule has 0 aliphatic rings. The maximum Gasteiger partial charge on any atom is 0.272 e. The molecule has 1 amide bonds. The van der Waals surface area contributed by atoms with Gasteiger partial charge in [0.15, 0.2) is 0 Å². The molecule has 1 N–H and O–H groups in total. The molecule has 0 bridgehead atoms. The Morgan fingerprint density at radius 1 is 1.58 bits per heavy atom. The van der Waals surface area contributed by atoms with Gasteiger partial charge in [0.1, 0.15) is 11.8 Å². The predicted molar refractivity (Wildman–Crippen MR) is 62.7 cm³/mol. The molecule has 19 heavy (non-hydrogen) atoms. The molecule has 1 rings (SSSR count). The first-order chi connectivity index (χ1) is 8.99. The van der Waals surface area contributed by atoms with Gasteiger partial charge in [-0.1, -0.05) is 0 Å². The number of alkyl halides is 2. The minimum atomic E-state index is -2.69. The van der Waals surface area contributed by atoms with Gasteiger partial charge in [-0.05, 0) is 19.1 Å². The number of nitriles is 1. The molecule has 0 saturated heterocycles. The topological polar surface area (TPSA) is 77.2 Å². The van der Waals surface area contributed by atoms with E-state index < -0.39 is 25.5 Å². The Balaban J connectivity index is 2.96. The van der Waals surface area contributed by atoms with E-state index in [1.165, 1.54) is 12.1 Å². The van der Waals surface area contributed by atoms with Crippen LogP contribution in [0.1, 0.15) is 21.7 Å². The number of carbonyl (C=O) groups excluding carboxylic acids is 1. The van der Waals surface area contributed by atoms with Crippen LogP contribution < -0.4 is 0 Å². The van der Waals surface area contributed by atoms with Gasteiger partial charge >= 0.3 is 0 Å². The van der Waals surface area contributed by atoms with Crippen molar-refractivity contribution < 1.29 is 18.7 Å². The minimum Gasteiger partial charge on any atom is -0.395 e. The molecule has 0 aromatic carbocycles. The number of nitrogens with zero attached hydrogens (tertiary/aromatic N) is 3. The largest absolute Gasteiger partial charge is 0.395 e. The first kappa shape index (κ1) is 15.0. The van der Waals surface area contributed by atoms with Crippen LogP contribution in [-0.2, 0) is 0 Å². The van der Waals surface area contributed by atoms with Crippen LogP contribution >= 0.6 is 0 Å². The van der Waals surface area contributed by atoms with E-state index in [1.54, 1.807) is 6.92 Å². The molecule has 0 radical (unpaired) electrons. The van der Waals surface area contributed by atoms with Gasteiger partial charge in [0.2, 0.25) is 0 Å². The number of aliphatic hydroxyl groups is 1. The van der Waals surface area contributed by atoms with E-state index in [0.29, 0.717) is 11.3 Å². The van der Waals surface area contributed by atoms with E-state index in [-0.39, 0.29) is 12.2 Å². The van der Waals surface area contributed by atoms with Crippen molar-refractivity contribution in [2.45, 2.75) is 13.3 Å². The van der Waals surface area contributed by atoms with Crippen molar-refractivity contribution >= 4 is 5.91 Å². The van der Waals surface area contributed by atoms with Crippen LogP contribution in [-0.4, -0.2) is 47.0 Å². The molecule has 0 spiro atoms. The van der Waals surface area contributed by atoms with Gasteiger partial charge in [0.05, 0.1) is 24.4 Å². The van der Waals surface area contributed by atoms with Crippen LogP contribution in [0.2, 0.25) is 0 Å². The molecular formula is C12H13F2N3O2. The Morgan fingerprint density at radius 2 is 2.26 bits per heavy atom. The standard InChI is InChI=1S/C12H13F2N3O2/c1-8-9(6-15)2-3-10(16-8)12(19)17(4-5-18)7-11(13)14/h2-3,11,18H,4-5,7H2,1H3. The second-order valence-electron chi connectivity index (χ2n) is 3.81. The van der Waals surface area contributed by atoms with Gasteiger partial charge in [0.25, 0.3) is 12.3 Å². The number of carbonyl (C=O) groups is 1. The van der Waals surface area contributed by atoms with Crippen LogP contribution in [0.5, 0.6) is 0 Å². The fourth-order valence-corrected chi connectivity index (χ4v) is 1.52. The zero-order valence-corrected chi connectivity index (χ0v) is 10.3. The summed E-state index contributed by atoms with van der Waals surface area (Å²) in [6, 6.07) is 4.62. The average molecular weight is 269 g/mol. The maximum absolute atomic E-state index is 12.3. The van der Waals surface area contributed by atoms with Crippen molar-refractivity contribution in [2.24, 2.45) is 0 Å². The molecule has 0 fully saturated rings. The van der Waals surface area contributed by atoms with E-state index in [0.717, 1.165) is 4.90 Å². The fraction of sp³-hybridized carbons (Fsp3) is 0.417. The SMILES string of the molecule is Cc1nc(C(=O)N(CCO)CC(F)F)ccc1C#N. The Labute approximate surface area is 109 Å². The lowest BCUT2D eigenvalue weighted by Gasteiger charge is -2.20. The summed E-state index contributed by atoms with van der Waals surface area (Å²) in [4.78, 5) is 16.7. The highest BCUT2D eigenvalue weighted by molar-refractivity contribution is 5.92. The molecule has 0 aliphatic carbocycles. The fourth-order valence-electron chi connectivity index (χ4n) is 1.52. The van der Waals surface area contributed by atoms with E-state index in [9.17, 15) is 13.6 Å². The molecule has 1 aromatic rings. The molecule has 102 valence electrons. The molecule has 7 heteroatoms. The van der Waals surface area contributed by atoms with Crippen LogP contribution in [0, 0.1) is 18.3 Å². The summed E-state index contributed by atoms with van der Waals surface area (Å²) >= 11 is 0. The second-order valence-corrected chi connectivity index (χ2v) is 3.81. The highest BCUT2D eigenvalue weighted by atomic mass is 19.3. The van der Waals surface area contributed by atoms with Crippen molar-refractivity contribution in [3.63, 3.8) is 0 Å². The Morgan fingerprint density at radius 3 is 2.74 bits per heavy atom. The third-order valence-corrected chi connectivity index (χ3v) is 2.44. The third kappa shape index (κ3) is 3.96. The van der Waals surface area contributed by atoms with E-state index in [2.05, 4.69) is 4.98 Å². The predicted octanol–water partition coefficient (Wildman–Crippen LogP) is 0.961. The number of amides is 1. The monoisotopic (exact) mass is 269 g/mol. The molecule has 0 unspecified atom stereocenters. The van der Waals surface area contributed by atoms with E-state index in [4.69, 9.17) is 10.4 Å². The van der Waals surface area contributed by atoms with Crippen molar-refractivity contribution in [1.82, 2.24) is 9.88 Å². The van der Waals surface area contributed by atoms with Crippen LogP contribution in [0.15, 0.2) is 12.1 Å². The molecule has 0 atom stereocenters. The number of aryl methyl sites for hydroxylation is 1. The van der Waals surface area contributed by atoms with Crippen LogP contribution in [0.25, 0.3) is 0 Å². The van der Waals surface area contributed by atoms with Crippen LogP contribution in [0.3, 0.4) is 0 Å². The summed E-state index contributed by atoms with van der Waals surface area (Å²) in [5, 5.41) is 17.5. The summed E-state index contributed by atoms with van der Waals surface area (Å²) in [5.41, 5.74) is 0.652. The first-order valence-electron chi connectivity index (χ1n) is 5.55. The van der Waals surface area contributed by atoms with Gasteiger partial charge in [-0.25, -0.2) is 13.8 Å². The normalized spacial score (nSPS) is 10.3. The average Bonchev–Trinajstić information content (AvgIpc) is 2.36. The van der Waals surface area contributed by atoms with Crippen molar-refractivity contribution in [1.29, 1.82) is 5.26 Å². The van der Waals surface area contributed by atoms with Crippen LogP contribution in [0.4, 0.5) is 8.78 Å². The minimum absolute atomic E-state index is 0.0226. The van der Waals surface area contributed by atoms with Crippen molar-refractivity contribution in [3.05, 3.63) is 29.1 Å². The zero-order chi connectivity index (χ0) is 14.4. The van der Waals surface area contributed by atoms with E-state index in [1.807, 2.05) is 6.07 Å². The Kier molecular flexibility index (Phi) is 5.33. The number of halogens is 2. The number of rotatable bonds is 5. The molecule has 5 nitrogen and oxygen atoms in total. The van der Waals surface area contributed by atoms with Crippen molar-refractivity contribution in [2.75, 3.05) is 19.7 Å². The summed E-state index contributed by atoms with van der Waals surface area (Å²) in [6.07, 6.45) is -2.69. The summed E-state index contributed by atoms with van der Waals surface area (Å²) < 4.78 is 24.7. The Hall–Kier alpha value is -2.07. The van der Waals surface area contributed by atoms with Gasteiger partial charge < -0.3 is 10.0 Å². The number of aromatic nitrogens is 1. The first-order valence-corrected chi connectivity index (χ1v) is 5.55. The highest BCUT2D eigenvalue weighted by Crippen LogP contribution is 2.09. The highest BCUT2D eigenvalue weighted by Gasteiger charge is 2.20. The number of pyridine rings is 1.